The molecule has 0 radical (unpaired) electrons. The number of nitrogens with zero attached hydrogens (tertiary/aromatic N) is 3. The predicted octanol–water partition coefficient (Wildman–Crippen LogP) is 4.08. The van der Waals surface area contributed by atoms with Gasteiger partial charge in [0.25, 0.3) is 0 Å². The van der Waals surface area contributed by atoms with Gasteiger partial charge in [-0.15, -0.1) is 0 Å². The predicted molar refractivity (Wildman–Crippen MR) is 132 cm³/mol. The van der Waals surface area contributed by atoms with Crippen LogP contribution in [0.2, 0.25) is 0 Å². The summed E-state index contributed by atoms with van der Waals surface area (Å²) in [5, 5.41) is 13.2. The highest BCUT2D eigenvalue weighted by atomic mass is 19.1. The van der Waals surface area contributed by atoms with Crippen LogP contribution < -0.4 is 21.3 Å². The van der Waals surface area contributed by atoms with Gasteiger partial charge < -0.3 is 21.3 Å². The molecule has 0 unspecified atom stereocenters. The molecule has 0 saturated carbocycles. The molecule has 0 spiro atoms. The molecule has 2 aromatic heterocycles. The first kappa shape index (κ1) is 21.5. The third kappa shape index (κ3) is 4.55. The van der Waals surface area contributed by atoms with Crippen LogP contribution in [-0.4, -0.2) is 40.0 Å². The van der Waals surface area contributed by atoms with Crippen molar-refractivity contribution in [3.63, 3.8) is 0 Å². The highest BCUT2D eigenvalue weighted by Gasteiger charge is 2.16. The van der Waals surface area contributed by atoms with Crippen molar-refractivity contribution in [2.24, 2.45) is 0 Å². The van der Waals surface area contributed by atoms with Crippen molar-refractivity contribution >= 4 is 39.8 Å². The molecule has 0 bridgehead atoms. The molecule has 4 N–H and O–H groups in total. The van der Waals surface area contributed by atoms with Crippen LogP contribution in [0.1, 0.15) is 0 Å². The normalized spacial score (nSPS) is 13.2. The van der Waals surface area contributed by atoms with Gasteiger partial charge in [0.15, 0.2) is 0 Å². The van der Waals surface area contributed by atoms with Crippen LogP contribution >= 0.6 is 0 Å². The fourth-order valence-electron chi connectivity index (χ4n) is 3.62. The van der Waals surface area contributed by atoms with Gasteiger partial charge >= 0.3 is 0 Å². The Morgan fingerprint density at radius 2 is 1.85 bits per heavy atom. The van der Waals surface area contributed by atoms with Gasteiger partial charge in [-0.05, 0) is 54.6 Å². The van der Waals surface area contributed by atoms with Gasteiger partial charge in [0.2, 0.25) is 11.9 Å². The number of amides is 1. The topological polar surface area (TPSA) is 104 Å². The van der Waals surface area contributed by atoms with Crippen LogP contribution in [0.25, 0.3) is 22.2 Å². The van der Waals surface area contributed by atoms with Gasteiger partial charge in [-0.2, -0.15) is 0 Å². The van der Waals surface area contributed by atoms with E-state index in [2.05, 4.69) is 42.8 Å². The van der Waals surface area contributed by atoms with Crippen molar-refractivity contribution < 1.29 is 9.18 Å². The van der Waals surface area contributed by atoms with Crippen LogP contribution in [0.3, 0.4) is 0 Å². The Labute approximate surface area is 195 Å². The molecule has 1 saturated heterocycles. The number of fused-ring (bicyclic) bond motifs is 1. The molecule has 2 aromatic carbocycles. The second-order valence-corrected chi connectivity index (χ2v) is 7.88. The zero-order valence-electron chi connectivity index (χ0n) is 18.2. The molecule has 1 aliphatic rings. The largest absolute Gasteiger partial charge is 0.380 e. The molecule has 8 nitrogen and oxygen atoms in total. The number of hydrogen-bond donors (Lipinski definition) is 4. The summed E-state index contributed by atoms with van der Waals surface area (Å²) in [6.07, 6.45) is 4.30. The molecule has 0 atom stereocenters. The number of hydrogen-bond acceptors (Lipinski definition) is 7. The lowest BCUT2D eigenvalue weighted by molar-refractivity contribution is -0.111. The van der Waals surface area contributed by atoms with E-state index in [9.17, 15) is 9.18 Å². The van der Waals surface area contributed by atoms with E-state index in [0.717, 1.165) is 30.5 Å². The maximum absolute atomic E-state index is 15.0. The van der Waals surface area contributed by atoms with Crippen molar-refractivity contribution in [1.82, 2.24) is 20.3 Å². The number of halogens is 1. The summed E-state index contributed by atoms with van der Waals surface area (Å²) in [5.74, 6) is -0.507. The van der Waals surface area contributed by atoms with Crippen LogP contribution in [0.4, 0.5) is 27.4 Å². The van der Waals surface area contributed by atoms with E-state index in [1.807, 2.05) is 24.3 Å². The van der Waals surface area contributed by atoms with E-state index in [0.29, 0.717) is 34.3 Å². The SMILES string of the molecule is C=CC(=O)Nc1ccnc(-c2c(F)ccc3cnc(Nc4ccc(NC5CNC5)cc4)nc23)c1. The lowest BCUT2D eigenvalue weighted by Gasteiger charge is -2.29. The number of carbonyl (C=O) groups excluding carboxylic acids is 1. The number of nitrogens with one attached hydrogen (secondary N) is 4. The van der Waals surface area contributed by atoms with Crippen molar-refractivity contribution in [3.05, 3.63) is 79.4 Å². The Balaban J connectivity index is 1.45. The van der Waals surface area contributed by atoms with E-state index >= 15 is 0 Å². The molecule has 1 aliphatic heterocycles. The van der Waals surface area contributed by atoms with Crippen LogP contribution in [0, 0.1) is 5.82 Å². The van der Waals surface area contributed by atoms with E-state index in [4.69, 9.17) is 0 Å². The monoisotopic (exact) mass is 455 g/mol. The Hall–Kier alpha value is -4.37. The van der Waals surface area contributed by atoms with Gasteiger partial charge in [0, 0.05) is 47.9 Å². The summed E-state index contributed by atoms with van der Waals surface area (Å²) in [6, 6.07) is 14.5. The van der Waals surface area contributed by atoms with Gasteiger partial charge in [-0.3, -0.25) is 9.78 Å². The Morgan fingerprint density at radius 1 is 1.06 bits per heavy atom. The molecule has 1 fully saturated rings. The molecule has 4 aromatic rings. The highest BCUT2D eigenvalue weighted by Crippen LogP contribution is 2.31. The third-order valence-corrected chi connectivity index (χ3v) is 5.46. The Bertz CT molecular complexity index is 1370. The zero-order chi connectivity index (χ0) is 23.5. The Morgan fingerprint density at radius 3 is 2.59 bits per heavy atom. The van der Waals surface area contributed by atoms with Gasteiger partial charge in [0.1, 0.15) is 5.82 Å². The zero-order valence-corrected chi connectivity index (χ0v) is 18.2. The van der Waals surface area contributed by atoms with Crippen molar-refractivity contribution in [1.29, 1.82) is 0 Å². The van der Waals surface area contributed by atoms with E-state index in [-0.39, 0.29) is 11.5 Å². The number of benzene rings is 2. The van der Waals surface area contributed by atoms with Crippen LogP contribution in [-0.2, 0) is 4.79 Å². The number of anilines is 4. The minimum atomic E-state index is -0.474. The Kier molecular flexibility index (Phi) is 5.84. The van der Waals surface area contributed by atoms with Gasteiger partial charge in [-0.1, -0.05) is 6.58 Å². The van der Waals surface area contributed by atoms with Crippen LogP contribution in [0.15, 0.2) is 73.6 Å². The third-order valence-electron chi connectivity index (χ3n) is 5.46. The minimum Gasteiger partial charge on any atom is -0.380 e. The molecule has 5 rings (SSSR count). The number of aromatic nitrogens is 3. The van der Waals surface area contributed by atoms with Crippen molar-refractivity contribution in [2.45, 2.75) is 6.04 Å². The molecular weight excluding hydrogens is 433 g/mol. The first-order chi connectivity index (χ1) is 16.6. The second kappa shape index (κ2) is 9.24. The molecule has 1 amide bonds. The summed E-state index contributed by atoms with van der Waals surface area (Å²) in [6.45, 7) is 5.36. The number of pyridine rings is 1. The molecular formula is C25H22FN7O. The summed E-state index contributed by atoms with van der Waals surface area (Å²) >= 11 is 0. The molecule has 3 heterocycles. The quantitative estimate of drug-likeness (QED) is 0.311. The van der Waals surface area contributed by atoms with Crippen molar-refractivity contribution in [3.8, 4) is 11.3 Å². The average molecular weight is 455 g/mol. The van der Waals surface area contributed by atoms with E-state index in [1.54, 1.807) is 24.4 Å². The summed E-state index contributed by atoms with van der Waals surface area (Å²) in [5.41, 5.74) is 3.30. The lowest BCUT2D eigenvalue weighted by Crippen LogP contribution is -2.51. The first-order valence-corrected chi connectivity index (χ1v) is 10.8. The van der Waals surface area contributed by atoms with Crippen LogP contribution in [0.5, 0.6) is 0 Å². The average Bonchev–Trinajstić information content (AvgIpc) is 2.82. The summed E-state index contributed by atoms with van der Waals surface area (Å²) in [4.78, 5) is 24.9. The van der Waals surface area contributed by atoms with Crippen molar-refractivity contribution in [2.75, 3.05) is 29.0 Å². The van der Waals surface area contributed by atoms with Gasteiger partial charge in [-0.25, -0.2) is 14.4 Å². The summed E-state index contributed by atoms with van der Waals surface area (Å²) < 4.78 is 15.0. The second-order valence-electron chi connectivity index (χ2n) is 7.88. The number of carbonyl (C=O) groups is 1. The summed E-state index contributed by atoms with van der Waals surface area (Å²) in [7, 11) is 0. The fourth-order valence-corrected chi connectivity index (χ4v) is 3.62. The minimum absolute atomic E-state index is 0.228. The first-order valence-electron chi connectivity index (χ1n) is 10.8. The standard InChI is InChI=1S/C25H22FN7O/c1-2-22(34)31-18-9-10-28-21(11-18)23-20(26)8-3-15-12-29-25(33-24(15)23)32-17-6-4-16(5-7-17)30-19-13-27-14-19/h2-12,19,27,30H,1,13-14H2,(H,28,31,34)(H,29,32,33). The van der Waals surface area contributed by atoms with Gasteiger partial charge in [0.05, 0.1) is 22.8 Å². The molecule has 34 heavy (non-hydrogen) atoms. The fraction of sp³-hybridized carbons (Fsp3) is 0.120. The molecule has 170 valence electrons. The highest BCUT2D eigenvalue weighted by molar-refractivity contribution is 6.00. The maximum atomic E-state index is 15.0. The molecule has 9 heteroatoms. The molecule has 0 aliphatic carbocycles. The maximum Gasteiger partial charge on any atom is 0.247 e. The lowest BCUT2D eigenvalue weighted by atomic mass is 10.1. The van der Waals surface area contributed by atoms with E-state index in [1.165, 1.54) is 12.3 Å². The van der Waals surface area contributed by atoms with E-state index < -0.39 is 5.82 Å². The smallest absolute Gasteiger partial charge is 0.247 e. The number of rotatable bonds is 7.